The van der Waals surface area contributed by atoms with Crippen molar-refractivity contribution in [3.05, 3.63) is 18.0 Å². The van der Waals surface area contributed by atoms with Crippen LogP contribution < -0.4 is 10.6 Å². The van der Waals surface area contributed by atoms with Crippen molar-refractivity contribution in [3.8, 4) is 0 Å². The van der Waals surface area contributed by atoms with E-state index in [1.165, 1.54) is 0 Å². The number of rotatable bonds is 4. The van der Waals surface area contributed by atoms with Gasteiger partial charge in [0, 0.05) is 44.6 Å². The summed E-state index contributed by atoms with van der Waals surface area (Å²) in [6.45, 7) is 1.82. The lowest BCUT2D eigenvalue weighted by Crippen LogP contribution is -2.51. The van der Waals surface area contributed by atoms with Crippen molar-refractivity contribution in [1.82, 2.24) is 14.9 Å². The zero-order valence-electron chi connectivity index (χ0n) is 15.0. The summed E-state index contributed by atoms with van der Waals surface area (Å²) in [4.78, 5) is 23.4. The van der Waals surface area contributed by atoms with E-state index < -0.39 is 11.7 Å². The van der Waals surface area contributed by atoms with Crippen LogP contribution in [0.5, 0.6) is 0 Å². The molecule has 1 amide bonds. The third-order valence-electron chi connectivity index (χ3n) is 5.06. The average molecular weight is 387 g/mol. The van der Waals surface area contributed by atoms with Gasteiger partial charge in [0.05, 0.1) is 11.7 Å². The molecule has 2 fully saturated rings. The second-order valence-corrected chi connectivity index (χ2v) is 6.94. The van der Waals surface area contributed by atoms with E-state index in [-0.39, 0.29) is 30.6 Å². The molecule has 7 nitrogen and oxygen atoms in total. The number of aromatic nitrogens is 2. The van der Waals surface area contributed by atoms with E-state index in [1.807, 2.05) is 0 Å². The number of hydrogen-bond acceptors (Lipinski definition) is 6. The average Bonchev–Trinajstić information content (AvgIpc) is 2.67. The zero-order chi connectivity index (χ0) is 19.4. The Bertz CT molecular complexity index is 632. The van der Waals surface area contributed by atoms with Gasteiger partial charge in [0.2, 0.25) is 11.9 Å². The fraction of sp³-hybridized carbons (Fsp3) is 0.706. The summed E-state index contributed by atoms with van der Waals surface area (Å²) in [6.07, 6.45) is 1.01. The van der Waals surface area contributed by atoms with E-state index in [0.717, 1.165) is 38.1 Å². The summed E-state index contributed by atoms with van der Waals surface area (Å²) in [6, 6.07) is -0.0137. The highest BCUT2D eigenvalue weighted by Gasteiger charge is 2.32. The number of carbonyl (C=O) groups excluding carboxylic acids is 1. The smallest absolute Gasteiger partial charge is 0.367 e. The molecule has 2 heterocycles. The molecule has 10 heteroatoms. The van der Waals surface area contributed by atoms with E-state index in [1.54, 1.807) is 9.80 Å². The second kappa shape index (κ2) is 8.39. The second-order valence-electron chi connectivity index (χ2n) is 6.94. The van der Waals surface area contributed by atoms with Gasteiger partial charge in [-0.25, -0.2) is 9.97 Å². The minimum atomic E-state index is -4.45. The molecule has 27 heavy (non-hydrogen) atoms. The Hall–Kier alpha value is -1.94. The minimum Gasteiger partial charge on any atom is -0.367 e. The summed E-state index contributed by atoms with van der Waals surface area (Å²) >= 11 is 0. The fourth-order valence-corrected chi connectivity index (χ4v) is 3.39. The SMILES string of the molecule is N[C@@H]1CCCC[C@H]1OCC(=O)N1CCN(c2ncc(C(F)(F)F)cn2)CC1. The first-order valence-corrected chi connectivity index (χ1v) is 9.14. The first-order valence-electron chi connectivity index (χ1n) is 9.14. The maximum Gasteiger partial charge on any atom is 0.419 e. The van der Waals surface area contributed by atoms with Crippen LogP contribution in [0.1, 0.15) is 31.2 Å². The Kier molecular flexibility index (Phi) is 6.15. The number of alkyl halides is 3. The lowest BCUT2D eigenvalue weighted by molar-refractivity contribution is -0.140. The molecule has 1 aliphatic carbocycles. The molecule has 150 valence electrons. The molecule has 3 rings (SSSR count). The van der Waals surface area contributed by atoms with Gasteiger partial charge in [-0.2, -0.15) is 13.2 Å². The summed E-state index contributed by atoms with van der Waals surface area (Å²) in [7, 11) is 0. The van der Waals surface area contributed by atoms with Crippen molar-refractivity contribution in [2.45, 2.75) is 44.0 Å². The Balaban J connectivity index is 1.46. The van der Waals surface area contributed by atoms with Gasteiger partial charge in [-0.3, -0.25) is 4.79 Å². The molecular weight excluding hydrogens is 363 g/mol. The van der Waals surface area contributed by atoms with Crippen LogP contribution in [0.4, 0.5) is 19.1 Å². The zero-order valence-corrected chi connectivity index (χ0v) is 15.0. The van der Waals surface area contributed by atoms with Crippen LogP contribution in [-0.2, 0) is 15.7 Å². The number of halogens is 3. The molecule has 1 aliphatic heterocycles. The van der Waals surface area contributed by atoms with E-state index in [9.17, 15) is 18.0 Å². The normalized spacial score (nSPS) is 24.1. The van der Waals surface area contributed by atoms with Gasteiger partial charge in [0.15, 0.2) is 0 Å². The highest BCUT2D eigenvalue weighted by atomic mass is 19.4. The molecule has 2 aliphatic rings. The molecule has 1 aromatic heterocycles. The van der Waals surface area contributed by atoms with Gasteiger partial charge in [-0.05, 0) is 12.8 Å². The summed E-state index contributed by atoms with van der Waals surface area (Å²) in [5.41, 5.74) is 5.15. The maximum atomic E-state index is 12.6. The number of nitrogens with two attached hydrogens (primary N) is 1. The predicted octanol–water partition coefficient (Wildman–Crippen LogP) is 1.43. The number of carbonyl (C=O) groups is 1. The predicted molar refractivity (Wildman–Crippen MR) is 92.0 cm³/mol. The number of ether oxygens (including phenoxy) is 1. The monoisotopic (exact) mass is 387 g/mol. The van der Waals surface area contributed by atoms with E-state index in [4.69, 9.17) is 10.5 Å². The molecular formula is C17H24F3N5O2. The molecule has 0 bridgehead atoms. The van der Waals surface area contributed by atoms with Crippen LogP contribution in [0, 0.1) is 0 Å². The van der Waals surface area contributed by atoms with Gasteiger partial charge in [0.1, 0.15) is 6.61 Å². The Morgan fingerprint density at radius 1 is 1.15 bits per heavy atom. The maximum absolute atomic E-state index is 12.6. The Labute approximate surface area is 155 Å². The number of piperazine rings is 1. The van der Waals surface area contributed by atoms with Crippen LogP contribution in [-0.4, -0.2) is 65.7 Å². The minimum absolute atomic E-state index is 0.00907. The molecule has 2 N–H and O–H groups in total. The van der Waals surface area contributed by atoms with Crippen LogP contribution in [0.15, 0.2) is 12.4 Å². The molecule has 1 saturated carbocycles. The van der Waals surface area contributed by atoms with Gasteiger partial charge in [0.25, 0.3) is 0 Å². The highest BCUT2D eigenvalue weighted by molar-refractivity contribution is 5.77. The van der Waals surface area contributed by atoms with E-state index >= 15 is 0 Å². The number of amides is 1. The van der Waals surface area contributed by atoms with Crippen molar-refractivity contribution in [2.75, 3.05) is 37.7 Å². The van der Waals surface area contributed by atoms with Gasteiger partial charge in [-0.15, -0.1) is 0 Å². The topological polar surface area (TPSA) is 84.6 Å². The molecule has 1 aromatic rings. The molecule has 2 atom stereocenters. The quantitative estimate of drug-likeness (QED) is 0.842. The Morgan fingerprint density at radius 2 is 1.78 bits per heavy atom. The molecule has 0 unspecified atom stereocenters. The van der Waals surface area contributed by atoms with Gasteiger partial charge in [-0.1, -0.05) is 12.8 Å². The standard InChI is InChI=1S/C17H24F3N5O2/c18-17(19,20)12-9-22-16(23-10-12)25-7-5-24(6-8-25)15(26)11-27-14-4-2-1-3-13(14)21/h9-10,13-14H,1-8,11,21H2/t13-,14-/m1/s1. The number of anilines is 1. The summed E-state index contributed by atoms with van der Waals surface area (Å²) in [5, 5.41) is 0. The molecule has 1 saturated heterocycles. The van der Waals surface area contributed by atoms with E-state index in [2.05, 4.69) is 9.97 Å². The molecule has 0 aromatic carbocycles. The van der Waals surface area contributed by atoms with Crippen LogP contribution in [0.3, 0.4) is 0 Å². The lowest BCUT2D eigenvalue weighted by Gasteiger charge is -2.35. The highest BCUT2D eigenvalue weighted by Crippen LogP contribution is 2.28. The largest absolute Gasteiger partial charge is 0.419 e. The summed E-state index contributed by atoms with van der Waals surface area (Å²) in [5.74, 6) is 0.139. The molecule has 0 spiro atoms. The first kappa shape index (κ1) is 19.8. The first-order chi connectivity index (χ1) is 12.8. The third kappa shape index (κ3) is 5.07. The van der Waals surface area contributed by atoms with Crippen LogP contribution in [0.25, 0.3) is 0 Å². The van der Waals surface area contributed by atoms with E-state index in [0.29, 0.717) is 26.2 Å². The van der Waals surface area contributed by atoms with Crippen molar-refractivity contribution in [3.63, 3.8) is 0 Å². The van der Waals surface area contributed by atoms with Crippen molar-refractivity contribution < 1.29 is 22.7 Å². The van der Waals surface area contributed by atoms with Crippen LogP contribution in [0.2, 0.25) is 0 Å². The van der Waals surface area contributed by atoms with Crippen molar-refractivity contribution in [1.29, 1.82) is 0 Å². The van der Waals surface area contributed by atoms with Crippen LogP contribution >= 0.6 is 0 Å². The number of nitrogens with zero attached hydrogens (tertiary/aromatic N) is 4. The van der Waals surface area contributed by atoms with Gasteiger partial charge < -0.3 is 20.3 Å². The Morgan fingerprint density at radius 3 is 2.37 bits per heavy atom. The molecule has 0 radical (unpaired) electrons. The lowest BCUT2D eigenvalue weighted by atomic mass is 9.93. The number of hydrogen-bond donors (Lipinski definition) is 1. The van der Waals surface area contributed by atoms with Crippen molar-refractivity contribution in [2.24, 2.45) is 5.73 Å². The van der Waals surface area contributed by atoms with Crippen molar-refractivity contribution >= 4 is 11.9 Å². The fourth-order valence-electron chi connectivity index (χ4n) is 3.39. The van der Waals surface area contributed by atoms with Gasteiger partial charge >= 0.3 is 6.18 Å². The third-order valence-corrected chi connectivity index (χ3v) is 5.06. The summed E-state index contributed by atoms with van der Waals surface area (Å²) < 4.78 is 43.4.